The van der Waals surface area contributed by atoms with Crippen LogP contribution in [0.3, 0.4) is 0 Å². The van der Waals surface area contributed by atoms with Crippen molar-refractivity contribution in [3.05, 3.63) is 35.9 Å². The quantitative estimate of drug-likeness (QED) is 0.844. The molecule has 0 aromatic heterocycles. The van der Waals surface area contributed by atoms with Gasteiger partial charge in [0.2, 0.25) is 0 Å². The minimum Gasteiger partial charge on any atom is -0.481 e. The van der Waals surface area contributed by atoms with Crippen molar-refractivity contribution >= 4 is 5.97 Å². The highest BCUT2D eigenvalue weighted by atomic mass is 16.4. The molecule has 2 rings (SSSR count). The molecule has 0 radical (unpaired) electrons. The first-order valence-electron chi connectivity index (χ1n) is 7.91. The van der Waals surface area contributed by atoms with Gasteiger partial charge >= 0.3 is 5.97 Å². The van der Waals surface area contributed by atoms with Crippen LogP contribution in [0.5, 0.6) is 0 Å². The second kappa shape index (κ2) is 6.61. The molecule has 3 unspecified atom stereocenters. The smallest absolute Gasteiger partial charge is 0.303 e. The van der Waals surface area contributed by atoms with Gasteiger partial charge in [-0.1, -0.05) is 44.2 Å². The highest BCUT2D eigenvalue weighted by Crippen LogP contribution is 2.51. The van der Waals surface area contributed by atoms with Gasteiger partial charge in [0, 0.05) is 0 Å². The second-order valence-electron chi connectivity index (χ2n) is 7.04. The zero-order chi connectivity index (χ0) is 15.5. The Morgan fingerprint density at radius 3 is 2.52 bits per heavy atom. The van der Waals surface area contributed by atoms with Crippen molar-refractivity contribution in [3.8, 4) is 0 Å². The lowest BCUT2D eigenvalue weighted by molar-refractivity contribution is -0.139. The fourth-order valence-electron chi connectivity index (χ4n) is 4.08. The summed E-state index contributed by atoms with van der Waals surface area (Å²) in [6.45, 7) is 4.97. The molecule has 3 nitrogen and oxygen atoms in total. The van der Waals surface area contributed by atoms with Gasteiger partial charge < -0.3 is 10.8 Å². The molecule has 1 fully saturated rings. The maximum Gasteiger partial charge on any atom is 0.303 e. The first-order valence-corrected chi connectivity index (χ1v) is 7.91. The number of benzene rings is 1. The highest BCUT2D eigenvalue weighted by molar-refractivity contribution is 5.67. The van der Waals surface area contributed by atoms with E-state index in [1.165, 1.54) is 5.56 Å². The van der Waals surface area contributed by atoms with Crippen molar-refractivity contribution in [1.29, 1.82) is 0 Å². The number of rotatable bonds is 6. The van der Waals surface area contributed by atoms with E-state index in [1.807, 2.05) is 6.07 Å². The molecule has 0 saturated heterocycles. The van der Waals surface area contributed by atoms with Crippen molar-refractivity contribution in [2.45, 2.75) is 39.5 Å². The third kappa shape index (κ3) is 3.85. The van der Waals surface area contributed by atoms with Gasteiger partial charge in [-0.2, -0.15) is 0 Å². The number of hydrogen-bond donors (Lipinski definition) is 2. The largest absolute Gasteiger partial charge is 0.481 e. The van der Waals surface area contributed by atoms with Crippen LogP contribution in [0.4, 0.5) is 0 Å². The van der Waals surface area contributed by atoms with E-state index in [0.717, 1.165) is 19.3 Å². The van der Waals surface area contributed by atoms with E-state index < -0.39 is 5.97 Å². The number of nitrogens with two attached hydrogens (primary N) is 1. The Bertz CT molecular complexity index is 471. The topological polar surface area (TPSA) is 63.3 Å². The number of hydrogen-bond acceptors (Lipinski definition) is 2. The van der Waals surface area contributed by atoms with Crippen molar-refractivity contribution in [2.24, 2.45) is 28.9 Å². The molecule has 21 heavy (non-hydrogen) atoms. The van der Waals surface area contributed by atoms with Crippen LogP contribution >= 0.6 is 0 Å². The summed E-state index contributed by atoms with van der Waals surface area (Å²) in [7, 11) is 0. The zero-order valence-electron chi connectivity index (χ0n) is 13.1. The van der Waals surface area contributed by atoms with E-state index in [9.17, 15) is 9.90 Å². The summed E-state index contributed by atoms with van der Waals surface area (Å²) in [5, 5.41) is 9.22. The van der Waals surface area contributed by atoms with Gasteiger partial charge in [-0.05, 0) is 54.5 Å². The van der Waals surface area contributed by atoms with Gasteiger partial charge in [-0.25, -0.2) is 0 Å². The standard InChI is InChI=1S/C18H27NO2/c1-13(2)16-10-18(12-19,11-17(20)21)9-15(16)8-14-6-4-3-5-7-14/h3-7,13,15-16H,8-12,19H2,1-2H3,(H,20,21). The zero-order valence-corrected chi connectivity index (χ0v) is 13.1. The monoisotopic (exact) mass is 289 g/mol. The molecule has 1 aromatic rings. The van der Waals surface area contributed by atoms with E-state index in [4.69, 9.17) is 5.73 Å². The fourth-order valence-corrected chi connectivity index (χ4v) is 4.08. The molecule has 3 N–H and O–H groups in total. The Kier molecular flexibility index (Phi) is 5.04. The van der Waals surface area contributed by atoms with E-state index in [2.05, 4.69) is 38.1 Å². The summed E-state index contributed by atoms with van der Waals surface area (Å²) < 4.78 is 0. The summed E-state index contributed by atoms with van der Waals surface area (Å²) in [6, 6.07) is 10.5. The molecule has 1 aliphatic carbocycles. The normalized spacial score (nSPS) is 29.0. The van der Waals surface area contributed by atoms with Crippen molar-refractivity contribution in [2.75, 3.05) is 6.54 Å². The molecule has 116 valence electrons. The molecule has 0 heterocycles. The average molecular weight is 289 g/mol. The summed E-state index contributed by atoms with van der Waals surface area (Å²) >= 11 is 0. The van der Waals surface area contributed by atoms with Crippen LogP contribution in [0.15, 0.2) is 30.3 Å². The van der Waals surface area contributed by atoms with Crippen molar-refractivity contribution in [3.63, 3.8) is 0 Å². The van der Waals surface area contributed by atoms with Crippen LogP contribution in [-0.4, -0.2) is 17.6 Å². The molecule has 0 spiro atoms. The number of carboxylic acid groups (broad SMARTS) is 1. The van der Waals surface area contributed by atoms with Crippen LogP contribution in [0, 0.1) is 23.2 Å². The Morgan fingerprint density at radius 2 is 2.00 bits per heavy atom. The van der Waals surface area contributed by atoms with Crippen LogP contribution in [0.1, 0.15) is 38.7 Å². The molecular weight excluding hydrogens is 262 g/mol. The van der Waals surface area contributed by atoms with E-state index in [1.54, 1.807) is 0 Å². The maximum atomic E-state index is 11.2. The van der Waals surface area contributed by atoms with Gasteiger partial charge in [0.25, 0.3) is 0 Å². The van der Waals surface area contributed by atoms with Crippen molar-refractivity contribution in [1.82, 2.24) is 0 Å². The number of carboxylic acids is 1. The lowest BCUT2D eigenvalue weighted by Gasteiger charge is -2.26. The Balaban J connectivity index is 2.17. The van der Waals surface area contributed by atoms with Gasteiger partial charge in [-0.3, -0.25) is 4.79 Å². The minimum absolute atomic E-state index is 0.206. The summed E-state index contributed by atoms with van der Waals surface area (Å²) in [4.78, 5) is 11.2. The SMILES string of the molecule is CC(C)C1CC(CN)(CC(=O)O)CC1Cc1ccccc1. The van der Waals surface area contributed by atoms with Gasteiger partial charge in [0.15, 0.2) is 0 Å². The molecule has 1 aromatic carbocycles. The lowest BCUT2D eigenvalue weighted by atomic mass is 9.80. The van der Waals surface area contributed by atoms with Crippen LogP contribution in [0.25, 0.3) is 0 Å². The maximum absolute atomic E-state index is 11.2. The predicted molar refractivity (Wildman–Crippen MR) is 84.9 cm³/mol. The highest BCUT2D eigenvalue weighted by Gasteiger charge is 2.46. The third-order valence-electron chi connectivity index (χ3n) is 5.13. The lowest BCUT2D eigenvalue weighted by Crippen LogP contribution is -2.31. The van der Waals surface area contributed by atoms with Crippen molar-refractivity contribution < 1.29 is 9.90 Å². The molecule has 3 atom stereocenters. The Labute approximate surface area is 127 Å². The Morgan fingerprint density at radius 1 is 1.33 bits per heavy atom. The van der Waals surface area contributed by atoms with E-state index in [0.29, 0.717) is 24.3 Å². The van der Waals surface area contributed by atoms with Gasteiger partial charge in [-0.15, -0.1) is 0 Å². The molecule has 0 amide bonds. The van der Waals surface area contributed by atoms with E-state index >= 15 is 0 Å². The first kappa shape index (κ1) is 16.0. The summed E-state index contributed by atoms with van der Waals surface area (Å²) in [5.74, 6) is 0.952. The Hall–Kier alpha value is -1.35. The average Bonchev–Trinajstić information content (AvgIpc) is 2.78. The third-order valence-corrected chi connectivity index (χ3v) is 5.13. The molecule has 1 aliphatic rings. The summed E-state index contributed by atoms with van der Waals surface area (Å²) in [6.07, 6.45) is 3.13. The van der Waals surface area contributed by atoms with Gasteiger partial charge in [0.05, 0.1) is 6.42 Å². The van der Waals surface area contributed by atoms with Crippen LogP contribution in [0.2, 0.25) is 0 Å². The number of carbonyl (C=O) groups is 1. The molecule has 0 aliphatic heterocycles. The molecule has 0 bridgehead atoms. The molecular formula is C18H27NO2. The molecule has 3 heteroatoms. The first-order chi connectivity index (χ1) is 9.96. The van der Waals surface area contributed by atoms with Crippen LogP contribution in [-0.2, 0) is 11.2 Å². The minimum atomic E-state index is -0.719. The molecule has 1 saturated carbocycles. The second-order valence-corrected chi connectivity index (χ2v) is 7.04. The summed E-state index contributed by atoms with van der Waals surface area (Å²) in [5.41, 5.74) is 7.11. The van der Waals surface area contributed by atoms with Gasteiger partial charge in [0.1, 0.15) is 0 Å². The van der Waals surface area contributed by atoms with Crippen LogP contribution < -0.4 is 5.73 Å². The van der Waals surface area contributed by atoms with E-state index in [-0.39, 0.29) is 11.8 Å². The fraction of sp³-hybridized carbons (Fsp3) is 0.611. The number of aliphatic carboxylic acids is 1. The predicted octanol–water partition coefficient (Wildman–Crippen LogP) is 3.33.